The minimum atomic E-state index is -0.333. The molecule has 17 heavy (non-hydrogen) atoms. The van der Waals surface area contributed by atoms with E-state index in [4.69, 9.17) is 4.74 Å². The van der Waals surface area contributed by atoms with Gasteiger partial charge >= 0.3 is 0 Å². The van der Waals surface area contributed by atoms with Crippen molar-refractivity contribution in [2.75, 3.05) is 13.7 Å². The molecule has 7 nitrogen and oxygen atoms in total. The number of rotatable bonds is 7. The molecule has 0 unspecified atom stereocenters. The van der Waals surface area contributed by atoms with E-state index >= 15 is 0 Å². The highest BCUT2D eigenvalue weighted by atomic mass is 16.5. The third-order valence-electron chi connectivity index (χ3n) is 2.17. The Balaban J connectivity index is 2.21. The molecule has 96 valence electrons. The van der Waals surface area contributed by atoms with E-state index in [2.05, 4.69) is 20.8 Å². The van der Waals surface area contributed by atoms with Crippen LogP contribution in [0.1, 0.15) is 26.7 Å². The number of hydrogen-bond acceptors (Lipinski definition) is 5. The van der Waals surface area contributed by atoms with Crippen LogP contribution in [0.15, 0.2) is 6.33 Å². The third-order valence-corrected chi connectivity index (χ3v) is 2.17. The maximum atomic E-state index is 11.6. The summed E-state index contributed by atoms with van der Waals surface area (Å²) >= 11 is 0. The first-order valence-corrected chi connectivity index (χ1v) is 5.54. The van der Waals surface area contributed by atoms with Crippen LogP contribution in [0, 0.1) is 0 Å². The van der Waals surface area contributed by atoms with Gasteiger partial charge in [0.15, 0.2) is 0 Å². The molecular weight excluding hydrogens is 222 g/mol. The molecule has 1 amide bonds. The van der Waals surface area contributed by atoms with Gasteiger partial charge in [0.2, 0.25) is 5.91 Å². The van der Waals surface area contributed by atoms with Crippen molar-refractivity contribution in [1.82, 2.24) is 25.5 Å². The second kappa shape index (κ2) is 6.29. The molecule has 0 spiro atoms. The Hall–Kier alpha value is -1.50. The lowest BCUT2D eigenvalue weighted by molar-refractivity contribution is -0.123. The van der Waals surface area contributed by atoms with Crippen LogP contribution in [-0.4, -0.2) is 45.4 Å². The maximum absolute atomic E-state index is 11.6. The first-order valence-electron chi connectivity index (χ1n) is 5.54. The first kappa shape index (κ1) is 13.6. The third kappa shape index (κ3) is 5.39. The zero-order chi connectivity index (χ0) is 12.7. The Bertz CT molecular complexity index is 336. The van der Waals surface area contributed by atoms with E-state index in [1.54, 1.807) is 11.8 Å². The molecule has 1 N–H and O–H groups in total. The highest BCUT2D eigenvalue weighted by Gasteiger charge is 2.19. The normalized spacial score (nSPS) is 11.5. The van der Waals surface area contributed by atoms with Crippen molar-refractivity contribution in [3.05, 3.63) is 6.33 Å². The lowest BCUT2D eigenvalue weighted by Gasteiger charge is -2.25. The Morgan fingerprint density at radius 2 is 2.29 bits per heavy atom. The number of aromatic nitrogens is 4. The van der Waals surface area contributed by atoms with Gasteiger partial charge < -0.3 is 10.1 Å². The van der Waals surface area contributed by atoms with Crippen molar-refractivity contribution >= 4 is 5.91 Å². The van der Waals surface area contributed by atoms with E-state index < -0.39 is 0 Å². The molecule has 7 heteroatoms. The summed E-state index contributed by atoms with van der Waals surface area (Å²) in [6, 6.07) is 0. The molecule has 0 bridgehead atoms. The molecule has 0 fully saturated rings. The Morgan fingerprint density at radius 1 is 1.53 bits per heavy atom. The van der Waals surface area contributed by atoms with E-state index in [1.807, 2.05) is 13.8 Å². The molecule has 1 rings (SSSR count). The van der Waals surface area contributed by atoms with Gasteiger partial charge in [-0.25, -0.2) is 4.68 Å². The fourth-order valence-electron chi connectivity index (χ4n) is 1.52. The number of amides is 1. The van der Waals surface area contributed by atoms with Crippen molar-refractivity contribution in [3.8, 4) is 0 Å². The summed E-state index contributed by atoms with van der Waals surface area (Å²) in [5, 5.41) is 13.7. The largest absolute Gasteiger partial charge is 0.382 e. The van der Waals surface area contributed by atoms with Crippen molar-refractivity contribution in [2.45, 2.75) is 38.8 Å². The number of nitrogens with one attached hydrogen (secondary N) is 1. The van der Waals surface area contributed by atoms with Crippen molar-refractivity contribution < 1.29 is 9.53 Å². The van der Waals surface area contributed by atoms with Gasteiger partial charge in [0.25, 0.3) is 0 Å². The van der Waals surface area contributed by atoms with Crippen LogP contribution in [0.2, 0.25) is 0 Å². The number of carbonyl (C=O) groups is 1. The summed E-state index contributed by atoms with van der Waals surface area (Å²) in [6.45, 7) is 4.99. The fraction of sp³-hybridized carbons (Fsp3) is 0.800. The molecule has 1 aromatic heterocycles. The Kier molecular flexibility index (Phi) is 5.02. The standard InChI is InChI=1S/C10H19N5O2/c1-10(2,7-17-3)12-9(16)5-4-6-15-8-11-13-14-15/h8H,4-7H2,1-3H3,(H,12,16). The van der Waals surface area contributed by atoms with Crippen LogP contribution in [0.4, 0.5) is 0 Å². The monoisotopic (exact) mass is 241 g/mol. The topological polar surface area (TPSA) is 81.9 Å². The molecule has 0 radical (unpaired) electrons. The second-order valence-corrected chi connectivity index (χ2v) is 4.54. The summed E-state index contributed by atoms with van der Waals surface area (Å²) in [4.78, 5) is 11.6. The number of aryl methyl sites for hydroxylation is 1. The van der Waals surface area contributed by atoms with Gasteiger partial charge in [-0.2, -0.15) is 0 Å². The quantitative estimate of drug-likeness (QED) is 0.726. The number of carbonyl (C=O) groups excluding carboxylic acids is 1. The summed E-state index contributed by atoms with van der Waals surface area (Å²) in [7, 11) is 1.62. The molecule has 0 aliphatic heterocycles. The summed E-state index contributed by atoms with van der Waals surface area (Å²) in [5.74, 6) is 0.0140. The summed E-state index contributed by atoms with van der Waals surface area (Å²) in [6.07, 6.45) is 2.69. The molecule has 0 atom stereocenters. The van der Waals surface area contributed by atoms with E-state index in [-0.39, 0.29) is 11.4 Å². The minimum absolute atomic E-state index is 0.0140. The van der Waals surface area contributed by atoms with Gasteiger partial charge in [0.1, 0.15) is 6.33 Å². The molecular formula is C10H19N5O2. The van der Waals surface area contributed by atoms with Gasteiger partial charge in [-0.1, -0.05) is 0 Å². The average molecular weight is 241 g/mol. The average Bonchev–Trinajstić information content (AvgIpc) is 2.69. The number of nitrogens with zero attached hydrogens (tertiary/aromatic N) is 4. The highest BCUT2D eigenvalue weighted by molar-refractivity contribution is 5.76. The minimum Gasteiger partial charge on any atom is -0.382 e. The fourth-order valence-corrected chi connectivity index (χ4v) is 1.52. The van der Waals surface area contributed by atoms with Crippen molar-refractivity contribution in [1.29, 1.82) is 0 Å². The molecule has 0 aliphatic carbocycles. The lowest BCUT2D eigenvalue weighted by Crippen LogP contribution is -2.46. The van der Waals surface area contributed by atoms with Gasteiger partial charge in [0, 0.05) is 20.1 Å². The molecule has 0 aromatic carbocycles. The number of ether oxygens (including phenoxy) is 1. The summed E-state index contributed by atoms with van der Waals surface area (Å²) < 4.78 is 6.63. The van der Waals surface area contributed by atoms with E-state index in [1.165, 1.54) is 6.33 Å². The van der Waals surface area contributed by atoms with Crippen molar-refractivity contribution in [3.63, 3.8) is 0 Å². The summed E-state index contributed by atoms with van der Waals surface area (Å²) in [5.41, 5.74) is -0.333. The Labute approximate surface area is 101 Å². The van der Waals surface area contributed by atoms with Crippen LogP contribution in [0.5, 0.6) is 0 Å². The second-order valence-electron chi connectivity index (χ2n) is 4.54. The number of methoxy groups -OCH3 is 1. The predicted octanol–water partition coefficient (Wildman–Crippen LogP) is -0.00550. The van der Waals surface area contributed by atoms with Gasteiger partial charge in [-0.05, 0) is 30.7 Å². The van der Waals surface area contributed by atoms with Gasteiger partial charge in [-0.15, -0.1) is 5.10 Å². The molecule has 0 saturated heterocycles. The van der Waals surface area contributed by atoms with Crippen LogP contribution in [0.3, 0.4) is 0 Å². The van der Waals surface area contributed by atoms with Gasteiger partial charge in [-0.3, -0.25) is 4.79 Å². The van der Waals surface area contributed by atoms with Crippen LogP contribution in [-0.2, 0) is 16.1 Å². The van der Waals surface area contributed by atoms with E-state index in [0.29, 0.717) is 26.0 Å². The number of tetrazole rings is 1. The zero-order valence-electron chi connectivity index (χ0n) is 10.5. The Morgan fingerprint density at radius 3 is 2.88 bits per heavy atom. The van der Waals surface area contributed by atoms with Crippen LogP contribution in [0.25, 0.3) is 0 Å². The molecule has 0 saturated carbocycles. The molecule has 0 aliphatic rings. The number of hydrogen-bond donors (Lipinski definition) is 1. The zero-order valence-corrected chi connectivity index (χ0v) is 10.5. The van der Waals surface area contributed by atoms with Crippen LogP contribution >= 0.6 is 0 Å². The van der Waals surface area contributed by atoms with E-state index in [0.717, 1.165) is 0 Å². The van der Waals surface area contributed by atoms with E-state index in [9.17, 15) is 4.79 Å². The molecule has 1 heterocycles. The maximum Gasteiger partial charge on any atom is 0.220 e. The lowest BCUT2D eigenvalue weighted by atomic mass is 10.1. The SMILES string of the molecule is COCC(C)(C)NC(=O)CCCn1cnnn1. The van der Waals surface area contributed by atoms with Crippen LogP contribution < -0.4 is 5.32 Å². The smallest absolute Gasteiger partial charge is 0.220 e. The first-order chi connectivity index (χ1) is 8.03. The van der Waals surface area contributed by atoms with Gasteiger partial charge in [0.05, 0.1) is 12.1 Å². The molecule has 1 aromatic rings. The highest BCUT2D eigenvalue weighted by Crippen LogP contribution is 2.03. The predicted molar refractivity (Wildman–Crippen MR) is 61.1 cm³/mol. The van der Waals surface area contributed by atoms with Crippen molar-refractivity contribution in [2.24, 2.45) is 0 Å².